The quantitative estimate of drug-likeness (QED) is 0.565. The topological polar surface area (TPSA) is 0 Å². The average molecular weight is 218 g/mol. The standard InChI is InChI=1S/C13H14.CH4S/c1-4-11(2)10-12(3)13-8-6-5-7-9-13;1-2/h4-10H,1,3H2,2H3;2H,1H3/b11-10-;. The zero-order valence-corrected chi connectivity index (χ0v) is 10.3. The lowest BCUT2D eigenvalue weighted by molar-refractivity contribution is 1.53. The van der Waals surface area contributed by atoms with E-state index in [1.807, 2.05) is 37.3 Å². The van der Waals surface area contributed by atoms with Gasteiger partial charge in [-0.25, -0.2) is 0 Å². The van der Waals surface area contributed by atoms with E-state index in [9.17, 15) is 0 Å². The van der Waals surface area contributed by atoms with Gasteiger partial charge in [0.15, 0.2) is 0 Å². The van der Waals surface area contributed by atoms with Gasteiger partial charge in [-0.1, -0.05) is 61.2 Å². The second kappa shape index (κ2) is 8.13. The summed E-state index contributed by atoms with van der Waals surface area (Å²) in [5, 5.41) is 0. The van der Waals surface area contributed by atoms with Crippen molar-refractivity contribution in [2.24, 2.45) is 0 Å². The molecule has 0 unspecified atom stereocenters. The van der Waals surface area contributed by atoms with Gasteiger partial charge in [0.2, 0.25) is 0 Å². The molecule has 0 N–H and O–H groups in total. The van der Waals surface area contributed by atoms with Gasteiger partial charge in [-0.15, -0.1) is 0 Å². The van der Waals surface area contributed by atoms with E-state index in [0.717, 1.165) is 16.7 Å². The molecule has 0 nitrogen and oxygen atoms in total. The lowest BCUT2D eigenvalue weighted by Gasteiger charge is -2.00. The summed E-state index contributed by atoms with van der Waals surface area (Å²) in [4.78, 5) is 0. The van der Waals surface area contributed by atoms with Crippen molar-refractivity contribution in [3.05, 3.63) is 66.8 Å². The molecule has 80 valence electrons. The molecule has 1 aromatic carbocycles. The maximum absolute atomic E-state index is 3.99. The molecule has 0 spiro atoms. The van der Waals surface area contributed by atoms with Gasteiger partial charge >= 0.3 is 0 Å². The summed E-state index contributed by atoms with van der Waals surface area (Å²) in [6.07, 6.45) is 5.55. The Kier molecular flexibility index (Phi) is 7.47. The summed E-state index contributed by atoms with van der Waals surface area (Å²) < 4.78 is 0. The van der Waals surface area contributed by atoms with E-state index >= 15 is 0 Å². The van der Waals surface area contributed by atoms with Crippen LogP contribution in [0.4, 0.5) is 0 Å². The lowest BCUT2D eigenvalue weighted by Crippen LogP contribution is -1.78. The molecule has 0 aliphatic heterocycles. The van der Waals surface area contributed by atoms with Gasteiger partial charge in [0.25, 0.3) is 0 Å². The van der Waals surface area contributed by atoms with Crippen molar-refractivity contribution in [3.63, 3.8) is 0 Å². The molecule has 0 aliphatic rings. The van der Waals surface area contributed by atoms with Crippen LogP contribution in [0, 0.1) is 0 Å². The summed E-state index contributed by atoms with van der Waals surface area (Å²) in [6.45, 7) is 9.70. The van der Waals surface area contributed by atoms with Crippen molar-refractivity contribution in [2.75, 3.05) is 6.26 Å². The number of rotatable bonds is 3. The summed E-state index contributed by atoms with van der Waals surface area (Å²) in [6, 6.07) is 10.1. The molecule has 0 radical (unpaired) electrons. The average Bonchev–Trinajstić information content (AvgIpc) is 2.32. The summed E-state index contributed by atoms with van der Waals surface area (Å²) >= 11 is 3.53. The monoisotopic (exact) mass is 218 g/mol. The van der Waals surface area contributed by atoms with Gasteiger partial charge in [-0.05, 0) is 24.3 Å². The van der Waals surface area contributed by atoms with E-state index in [2.05, 4.69) is 37.9 Å². The molecular weight excluding hydrogens is 200 g/mol. The third-order valence-electron chi connectivity index (χ3n) is 1.87. The molecule has 0 fully saturated rings. The zero-order valence-electron chi connectivity index (χ0n) is 9.40. The van der Waals surface area contributed by atoms with Crippen molar-refractivity contribution < 1.29 is 0 Å². The molecule has 1 rings (SSSR count). The van der Waals surface area contributed by atoms with Crippen molar-refractivity contribution in [2.45, 2.75) is 6.92 Å². The molecule has 0 amide bonds. The Morgan fingerprint density at radius 3 is 2.20 bits per heavy atom. The predicted molar refractivity (Wildman–Crippen MR) is 74.3 cm³/mol. The Labute approximate surface area is 98.4 Å². The molecule has 15 heavy (non-hydrogen) atoms. The van der Waals surface area contributed by atoms with Crippen molar-refractivity contribution >= 4 is 18.2 Å². The minimum absolute atomic E-state index is 1.03. The predicted octanol–water partition coefficient (Wildman–Crippen LogP) is 4.38. The summed E-state index contributed by atoms with van der Waals surface area (Å²) in [7, 11) is 0. The first-order valence-corrected chi connectivity index (χ1v) is 5.63. The molecule has 1 aromatic rings. The van der Waals surface area contributed by atoms with Gasteiger partial charge in [0.1, 0.15) is 0 Å². The van der Waals surface area contributed by atoms with Crippen LogP contribution < -0.4 is 0 Å². The van der Waals surface area contributed by atoms with Crippen molar-refractivity contribution in [1.82, 2.24) is 0 Å². The van der Waals surface area contributed by atoms with Crippen LogP contribution in [0.2, 0.25) is 0 Å². The third-order valence-corrected chi connectivity index (χ3v) is 1.87. The van der Waals surface area contributed by atoms with Crippen LogP contribution in [-0.4, -0.2) is 6.26 Å². The van der Waals surface area contributed by atoms with Gasteiger partial charge in [0, 0.05) is 0 Å². The van der Waals surface area contributed by atoms with Crippen molar-refractivity contribution in [1.29, 1.82) is 0 Å². The summed E-state index contributed by atoms with van der Waals surface area (Å²) in [5.41, 5.74) is 3.32. The minimum atomic E-state index is 1.03. The van der Waals surface area contributed by atoms with E-state index < -0.39 is 0 Å². The molecule has 0 atom stereocenters. The number of benzene rings is 1. The highest BCUT2D eigenvalue weighted by atomic mass is 32.1. The lowest BCUT2D eigenvalue weighted by atomic mass is 10.1. The Hall–Kier alpha value is -1.21. The van der Waals surface area contributed by atoms with Crippen molar-refractivity contribution in [3.8, 4) is 0 Å². The smallest absolute Gasteiger partial charge is 0.0190 e. The van der Waals surface area contributed by atoms with Crippen LogP contribution in [0.1, 0.15) is 12.5 Å². The van der Waals surface area contributed by atoms with Crippen LogP contribution in [0.15, 0.2) is 61.2 Å². The second-order valence-electron chi connectivity index (χ2n) is 2.98. The highest BCUT2D eigenvalue weighted by molar-refractivity contribution is 7.79. The summed E-state index contributed by atoms with van der Waals surface area (Å²) in [5.74, 6) is 0. The third kappa shape index (κ3) is 5.28. The Balaban J connectivity index is 0.000000921. The first kappa shape index (κ1) is 13.8. The normalized spacial score (nSPS) is 9.93. The molecule has 0 aromatic heterocycles. The van der Waals surface area contributed by atoms with Crippen LogP contribution in [0.3, 0.4) is 0 Å². The first-order chi connectivity index (χ1) is 7.24. The fourth-order valence-corrected chi connectivity index (χ4v) is 1.07. The molecule has 0 saturated heterocycles. The van der Waals surface area contributed by atoms with E-state index in [1.54, 1.807) is 6.26 Å². The number of thiol groups is 1. The second-order valence-corrected chi connectivity index (χ2v) is 2.98. The molecule has 0 heterocycles. The van der Waals surface area contributed by atoms with Crippen LogP contribution >= 0.6 is 12.6 Å². The van der Waals surface area contributed by atoms with E-state index in [4.69, 9.17) is 0 Å². The van der Waals surface area contributed by atoms with Gasteiger partial charge in [-0.2, -0.15) is 12.6 Å². The van der Waals surface area contributed by atoms with Gasteiger partial charge in [0.05, 0.1) is 0 Å². The fraction of sp³-hybridized carbons (Fsp3) is 0.143. The Morgan fingerprint density at radius 2 is 1.73 bits per heavy atom. The minimum Gasteiger partial charge on any atom is -0.183 e. The number of allylic oxidation sites excluding steroid dienone is 4. The fourth-order valence-electron chi connectivity index (χ4n) is 1.07. The van der Waals surface area contributed by atoms with E-state index in [1.165, 1.54) is 0 Å². The largest absolute Gasteiger partial charge is 0.183 e. The highest BCUT2D eigenvalue weighted by Gasteiger charge is 1.92. The number of hydrogen-bond acceptors (Lipinski definition) is 1. The van der Waals surface area contributed by atoms with Crippen LogP contribution in [0.25, 0.3) is 5.57 Å². The molecular formula is C14H18S. The number of hydrogen-bond donors (Lipinski definition) is 1. The molecule has 0 bridgehead atoms. The molecule has 0 aliphatic carbocycles. The van der Waals surface area contributed by atoms with E-state index in [-0.39, 0.29) is 0 Å². The molecule has 1 heteroatoms. The van der Waals surface area contributed by atoms with E-state index in [0.29, 0.717) is 0 Å². The van der Waals surface area contributed by atoms with Gasteiger partial charge < -0.3 is 0 Å². The van der Waals surface area contributed by atoms with Crippen LogP contribution in [-0.2, 0) is 0 Å². The Morgan fingerprint density at radius 1 is 1.20 bits per heavy atom. The highest BCUT2D eigenvalue weighted by Crippen LogP contribution is 2.14. The zero-order chi connectivity index (χ0) is 11.7. The first-order valence-electron chi connectivity index (χ1n) is 4.74. The van der Waals surface area contributed by atoms with Gasteiger partial charge in [-0.3, -0.25) is 0 Å². The maximum atomic E-state index is 3.99. The Bertz CT molecular complexity index is 334. The maximum Gasteiger partial charge on any atom is -0.0190 e. The SMILES string of the molecule is C=C/C(C)=C\C(=C)c1ccccc1.CS. The van der Waals surface area contributed by atoms with Crippen LogP contribution in [0.5, 0.6) is 0 Å². The molecule has 0 saturated carbocycles.